The predicted octanol–water partition coefficient (Wildman–Crippen LogP) is 0.879. The van der Waals surface area contributed by atoms with Crippen LogP contribution in [-0.2, 0) is 18.4 Å². The van der Waals surface area contributed by atoms with Crippen LogP contribution in [0.1, 0.15) is 12.7 Å². The van der Waals surface area contributed by atoms with Gasteiger partial charge in [-0.2, -0.15) is 0 Å². The smallest absolute Gasteiger partial charge is 0.239 e. The monoisotopic (exact) mass is 246 g/mol. The third kappa shape index (κ3) is 2.22. The van der Waals surface area contributed by atoms with Crippen LogP contribution in [-0.4, -0.2) is 33.4 Å². The van der Waals surface area contributed by atoms with Crippen molar-refractivity contribution in [1.29, 1.82) is 0 Å². The van der Waals surface area contributed by atoms with Gasteiger partial charge in [0.15, 0.2) is 0 Å². The molecule has 1 atom stereocenters. The van der Waals surface area contributed by atoms with Gasteiger partial charge in [-0.3, -0.25) is 4.79 Å². The van der Waals surface area contributed by atoms with Gasteiger partial charge in [0.05, 0.1) is 23.6 Å². The van der Waals surface area contributed by atoms with Crippen LogP contribution >= 0.6 is 0 Å². The van der Waals surface area contributed by atoms with E-state index in [1.54, 1.807) is 18.9 Å². The second-order valence-corrected chi connectivity index (χ2v) is 4.56. The van der Waals surface area contributed by atoms with Crippen molar-refractivity contribution in [3.8, 4) is 0 Å². The Bertz CT molecular complexity index is 573. The van der Waals surface area contributed by atoms with Crippen molar-refractivity contribution < 1.29 is 4.79 Å². The molecular weight excluding hydrogens is 228 g/mol. The summed E-state index contributed by atoms with van der Waals surface area (Å²) in [6.07, 6.45) is 0. The van der Waals surface area contributed by atoms with E-state index in [9.17, 15) is 4.79 Å². The maximum absolute atomic E-state index is 11.7. The van der Waals surface area contributed by atoms with Crippen LogP contribution in [0.4, 0.5) is 0 Å². The third-order valence-corrected chi connectivity index (χ3v) is 3.02. The Morgan fingerprint density at radius 3 is 2.78 bits per heavy atom. The van der Waals surface area contributed by atoms with Crippen molar-refractivity contribution in [2.24, 2.45) is 12.8 Å². The number of nitrogens with two attached hydrogens (primary N) is 1. The molecule has 1 heterocycles. The molecular formula is C13H18N4O. The number of hydrogen-bond acceptors (Lipinski definition) is 3. The van der Waals surface area contributed by atoms with Crippen molar-refractivity contribution in [3.63, 3.8) is 0 Å². The molecule has 1 amide bonds. The van der Waals surface area contributed by atoms with Gasteiger partial charge in [-0.1, -0.05) is 12.1 Å². The van der Waals surface area contributed by atoms with E-state index < -0.39 is 6.04 Å². The lowest BCUT2D eigenvalue weighted by Crippen LogP contribution is -2.39. The van der Waals surface area contributed by atoms with Gasteiger partial charge in [0.1, 0.15) is 5.82 Å². The first-order valence-corrected chi connectivity index (χ1v) is 5.91. The molecule has 0 aliphatic carbocycles. The van der Waals surface area contributed by atoms with E-state index in [-0.39, 0.29) is 5.91 Å². The quantitative estimate of drug-likeness (QED) is 0.874. The summed E-state index contributed by atoms with van der Waals surface area (Å²) in [6.45, 7) is 2.15. The highest BCUT2D eigenvalue weighted by Gasteiger charge is 2.16. The molecule has 1 aromatic carbocycles. The Labute approximate surface area is 106 Å². The summed E-state index contributed by atoms with van der Waals surface area (Å²) in [5.74, 6) is 0.773. The molecule has 0 saturated heterocycles. The number of carbonyl (C=O) groups excluding carboxylic acids is 1. The number of fused-ring (bicyclic) bond motifs is 1. The molecule has 0 aliphatic rings. The summed E-state index contributed by atoms with van der Waals surface area (Å²) in [4.78, 5) is 17.9. The number of carbonyl (C=O) groups is 1. The van der Waals surface area contributed by atoms with Crippen molar-refractivity contribution in [1.82, 2.24) is 14.5 Å². The zero-order valence-electron chi connectivity index (χ0n) is 10.9. The first-order chi connectivity index (χ1) is 8.50. The first-order valence-electron chi connectivity index (χ1n) is 5.91. The van der Waals surface area contributed by atoms with Crippen LogP contribution in [0.2, 0.25) is 0 Å². The van der Waals surface area contributed by atoms with Gasteiger partial charge in [-0.25, -0.2) is 4.98 Å². The normalized spacial score (nSPS) is 12.7. The number of likely N-dealkylation sites (N-methyl/N-ethyl adjacent to an activating group) is 1. The number of nitrogens with zero attached hydrogens (tertiary/aromatic N) is 3. The molecule has 0 bridgehead atoms. The van der Waals surface area contributed by atoms with Crippen LogP contribution < -0.4 is 5.73 Å². The average molecular weight is 246 g/mol. The Balaban J connectivity index is 2.27. The number of benzene rings is 1. The van der Waals surface area contributed by atoms with Crippen LogP contribution in [0.25, 0.3) is 11.0 Å². The number of aryl methyl sites for hydroxylation is 1. The van der Waals surface area contributed by atoms with E-state index in [0.29, 0.717) is 6.54 Å². The van der Waals surface area contributed by atoms with Crippen LogP contribution in [0.15, 0.2) is 24.3 Å². The molecule has 96 valence electrons. The SMILES string of the molecule is C[C@@H](N)C(=O)N(C)Cc1nc2ccccc2n1C. The lowest BCUT2D eigenvalue weighted by atomic mass is 10.3. The first kappa shape index (κ1) is 12.6. The average Bonchev–Trinajstić information content (AvgIpc) is 2.66. The molecule has 2 rings (SSSR count). The largest absolute Gasteiger partial charge is 0.337 e. The topological polar surface area (TPSA) is 64.2 Å². The highest BCUT2D eigenvalue weighted by Crippen LogP contribution is 2.15. The molecule has 1 aromatic heterocycles. The summed E-state index contributed by atoms with van der Waals surface area (Å²) >= 11 is 0. The molecule has 2 aromatic rings. The van der Waals surface area contributed by atoms with Crippen molar-refractivity contribution >= 4 is 16.9 Å². The van der Waals surface area contributed by atoms with Gasteiger partial charge in [-0.15, -0.1) is 0 Å². The summed E-state index contributed by atoms with van der Waals surface area (Å²) in [7, 11) is 3.69. The second kappa shape index (κ2) is 4.78. The molecule has 18 heavy (non-hydrogen) atoms. The van der Waals surface area contributed by atoms with Crippen LogP contribution in [0.3, 0.4) is 0 Å². The molecule has 0 saturated carbocycles. The lowest BCUT2D eigenvalue weighted by Gasteiger charge is -2.18. The zero-order valence-corrected chi connectivity index (χ0v) is 10.9. The van der Waals surface area contributed by atoms with Gasteiger partial charge in [0.25, 0.3) is 0 Å². The number of rotatable bonds is 3. The summed E-state index contributed by atoms with van der Waals surface area (Å²) in [5.41, 5.74) is 7.59. The Kier molecular flexibility index (Phi) is 3.34. The predicted molar refractivity (Wildman–Crippen MR) is 70.8 cm³/mol. The fraction of sp³-hybridized carbons (Fsp3) is 0.385. The van der Waals surface area contributed by atoms with Gasteiger partial charge in [-0.05, 0) is 19.1 Å². The van der Waals surface area contributed by atoms with Gasteiger partial charge in [0, 0.05) is 14.1 Å². The van der Waals surface area contributed by atoms with Crippen molar-refractivity contribution in [2.45, 2.75) is 19.5 Å². The van der Waals surface area contributed by atoms with E-state index in [2.05, 4.69) is 4.98 Å². The maximum atomic E-state index is 11.7. The Morgan fingerprint density at radius 2 is 2.17 bits per heavy atom. The van der Waals surface area contributed by atoms with E-state index in [1.165, 1.54) is 0 Å². The lowest BCUT2D eigenvalue weighted by molar-refractivity contribution is -0.131. The fourth-order valence-electron chi connectivity index (χ4n) is 1.97. The second-order valence-electron chi connectivity index (χ2n) is 4.56. The van der Waals surface area contributed by atoms with Crippen LogP contribution in [0.5, 0.6) is 0 Å². The summed E-state index contributed by atoms with van der Waals surface area (Å²) in [6, 6.07) is 7.43. The van der Waals surface area contributed by atoms with Gasteiger partial charge in [0.2, 0.25) is 5.91 Å². The van der Waals surface area contributed by atoms with Crippen LogP contribution in [0, 0.1) is 0 Å². The van der Waals surface area contributed by atoms with E-state index in [0.717, 1.165) is 16.9 Å². The Hall–Kier alpha value is -1.88. The van der Waals surface area contributed by atoms with Crippen molar-refractivity contribution in [2.75, 3.05) is 7.05 Å². The van der Waals surface area contributed by atoms with E-state index in [4.69, 9.17) is 5.73 Å². The molecule has 0 radical (unpaired) electrons. The fourth-order valence-corrected chi connectivity index (χ4v) is 1.97. The zero-order chi connectivity index (χ0) is 13.3. The number of aromatic nitrogens is 2. The number of para-hydroxylation sites is 2. The minimum Gasteiger partial charge on any atom is -0.337 e. The molecule has 0 spiro atoms. The molecule has 5 nitrogen and oxygen atoms in total. The third-order valence-electron chi connectivity index (χ3n) is 3.02. The number of hydrogen-bond donors (Lipinski definition) is 1. The highest BCUT2D eigenvalue weighted by atomic mass is 16.2. The molecule has 5 heteroatoms. The number of imidazole rings is 1. The van der Waals surface area contributed by atoms with Gasteiger partial charge < -0.3 is 15.2 Å². The summed E-state index contributed by atoms with van der Waals surface area (Å²) in [5, 5.41) is 0. The molecule has 0 fully saturated rings. The molecule has 0 unspecified atom stereocenters. The van der Waals surface area contributed by atoms with Crippen molar-refractivity contribution in [3.05, 3.63) is 30.1 Å². The minimum atomic E-state index is -0.482. The Morgan fingerprint density at radius 1 is 1.50 bits per heavy atom. The molecule has 2 N–H and O–H groups in total. The highest BCUT2D eigenvalue weighted by molar-refractivity contribution is 5.81. The van der Waals surface area contributed by atoms with Gasteiger partial charge >= 0.3 is 0 Å². The standard InChI is InChI=1S/C13H18N4O/c1-9(14)13(18)16(2)8-12-15-10-6-4-5-7-11(10)17(12)3/h4-7,9H,8,14H2,1-3H3/t9-/m1/s1. The van der Waals surface area contributed by atoms with E-state index >= 15 is 0 Å². The maximum Gasteiger partial charge on any atom is 0.239 e. The minimum absolute atomic E-state index is 0.0814. The summed E-state index contributed by atoms with van der Waals surface area (Å²) < 4.78 is 2.00. The number of amides is 1. The molecule has 0 aliphatic heterocycles. The van der Waals surface area contributed by atoms with E-state index in [1.807, 2.05) is 35.9 Å².